The Balaban J connectivity index is 1.54. The van der Waals surface area contributed by atoms with Gasteiger partial charge in [0.25, 0.3) is 0 Å². The van der Waals surface area contributed by atoms with Crippen molar-refractivity contribution in [3.05, 3.63) is 30.4 Å². The maximum atomic E-state index is 12.6. The lowest BCUT2D eigenvalue weighted by atomic mass is 9.92. The first-order chi connectivity index (χ1) is 12.1. The molecule has 2 fully saturated rings. The van der Waals surface area contributed by atoms with Crippen LogP contribution in [0.25, 0.3) is 0 Å². The van der Waals surface area contributed by atoms with E-state index in [1.54, 1.807) is 6.33 Å². The molecule has 1 aliphatic heterocycles. The second-order valence-corrected chi connectivity index (χ2v) is 7.59. The van der Waals surface area contributed by atoms with Gasteiger partial charge in [-0.15, -0.1) is 0 Å². The molecule has 25 heavy (non-hydrogen) atoms. The third kappa shape index (κ3) is 3.34. The van der Waals surface area contributed by atoms with Crippen molar-refractivity contribution in [2.45, 2.75) is 63.1 Å². The molecular weight excluding hydrogens is 316 g/mol. The standard InChI is InChI=1S/C19H26N4O2/c1-22-12-20-11-16(22)19-15(8-9-18(25)23(19)14-6-7-14)21-17(24)10-13-4-2-3-5-13/h2,4,11-15,19H,3,5-10H2,1H3,(H,21,24)/t13?,15-,19-/m1/s1. The minimum absolute atomic E-state index is 0.0356. The number of likely N-dealkylation sites (tertiary alicyclic amines) is 1. The predicted molar refractivity (Wildman–Crippen MR) is 93.5 cm³/mol. The highest BCUT2D eigenvalue weighted by Gasteiger charge is 2.45. The van der Waals surface area contributed by atoms with Crippen molar-refractivity contribution in [1.82, 2.24) is 19.8 Å². The van der Waals surface area contributed by atoms with Crippen molar-refractivity contribution >= 4 is 11.8 Å². The van der Waals surface area contributed by atoms with Gasteiger partial charge in [0.05, 0.1) is 30.3 Å². The SMILES string of the molecule is Cn1cncc1[C@H]1[C@H](NC(=O)CC2C=CCC2)CCC(=O)N1C1CC1. The summed E-state index contributed by atoms with van der Waals surface area (Å²) < 4.78 is 1.97. The number of hydrogen-bond donors (Lipinski definition) is 1. The number of piperidine rings is 1. The van der Waals surface area contributed by atoms with E-state index < -0.39 is 0 Å². The van der Waals surface area contributed by atoms with Crippen molar-refractivity contribution in [3.8, 4) is 0 Å². The summed E-state index contributed by atoms with van der Waals surface area (Å²) in [5, 5.41) is 3.24. The van der Waals surface area contributed by atoms with Gasteiger partial charge in [0, 0.05) is 25.9 Å². The normalized spacial score (nSPS) is 29.2. The second-order valence-electron chi connectivity index (χ2n) is 7.59. The monoisotopic (exact) mass is 342 g/mol. The van der Waals surface area contributed by atoms with Crippen LogP contribution in [0, 0.1) is 5.92 Å². The minimum atomic E-state index is -0.107. The molecule has 6 heteroatoms. The zero-order valence-electron chi connectivity index (χ0n) is 14.7. The van der Waals surface area contributed by atoms with Crippen molar-refractivity contribution in [1.29, 1.82) is 0 Å². The summed E-state index contributed by atoms with van der Waals surface area (Å²) in [7, 11) is 1.95. The summed E-state index contributed by atoms with van der Waals surface area (Å²) in [6.45, 7) is 0. The topological polar surface area (TPSA) is 67.2 Å². The summed E-state index contributed by atoms with van der Waals surface area (Å²) in [5.41, 5.74) is 1.01. The Hall–Kier alpha value is -2.11. The molecule has 1 saturated heterocycles. The Morgan fingerprint density at radius 3 is 2.80 bits per heavy atom. The molecule has 3 atom stereocenters. The molecule has 1 N–H and O–H groups in total. The van der Waals surface area contributed by atoms with Gasteiger partial charge in [-0.1, -0.05) is 12.2 Å². The van der Waals surface area contributed by atoms with E-state index in [0.717, 1.165) is 31.4 Å². The lowest BCUT2D eigenvalue weighted by Gasteiger charge is -2.41. The molecule has 1 aromatic rings. The van der Waals surface area contributed by atoms with E-state index in [4.69, 9.17) is 0 Å². The number of aromatic nitrogens is 2. The number of hydrogen-bond acceptors (Lipinski definition) is 3. The van der Waals surface area contributed by atoms with Gasteiger partial charge in [-0.2, -0.15) is 0 Å². The Morgan fingerprint density at radius 1 is 1.32 bits per heavy atom. The van der Waals surface area contributed by atoms with Gasteiger partial charge in [0.1, 0.15) is 0 Å². The molecule has 2 heterocycles. The Labute approximate surface area is 148 Å². The Morgan fingerprint density at radius 2 is 2.16 bits per heavy atom. The van der Waals surface area contributed by atoms with Crippen LogP contribution in [0.2, 0.25) is 0 Å². The number of nitrogens with zero attached hydrogens (tertiary/aromatic N) is 3. The average molecular weight is 342 g/mol. The third-order valence-electron chi connectivity index (χ3n) is 5.64. The quantitative estimate of drug-likeness (QED) is 0.833. The fraction of sp³-hybridized carbons (Fsp3) is 0.632. The number of rotatable bonds is 5. The van der Waals surface area contributed by atoms with E-state index in [1.807, 2.05) is 22.7 Å². The largest absolute Gasteiger partial charge is 0.351 e. The van der Waals surface area contributed by atoms with Crippen LogP contribution in [0.3, 0.4) is 0 Å². The van der Waals surface area contributed by atoms with Crippen molar-refractivity contribution in [2.75, 3.05) is 0 Å². The highest BCUT2D eigenvalue weighted by molar-refractivity contribution is 5.80. The molecule has 1 aromatic heterocycles. The molecule has 2 amide bonds. The maximum Gasteiger partial charge on any atom is 0.223 e. The summed E-state index contributed by atoms with van der Waals surface area (Å²) >= 11 is 0. The second kappa shape index (κ2) is 6.65. The van der Waals surface area contributed by atoms with Crippen LogP contribution >= 0.6 is 0 Å². The van der Waals surface area contributed by atoms with Gasteiger partial charge in [-0.05, 0) is 38.0 Å². The Kier molecular flexibility index (Phi) is 4.36. The smallest absolute Gasteiger partial charge is 0.223 e. The zero-order chi connectivity index (χ0) is 17.4. The third-order valence-corrected chi connectivity index (χ3v) is 5.64. The number of carbonyl (C=O) groups excluding carboxylic acids is 2. The van der Waals surface area contributed by atoms with E-state index in [1.165, 1.54) is 0 Å². The van der Waals surface area contributed by atoms with E-state index in [-0.39, 0.29) is 23.9 Å². The molecule has 1 saturated carbocycles. The predicted octanol–water partition coefficient (Wildman–Crippen LogP) is 2.09. The van der Waals surface area contributed by atoms with E-state index in [2.05, 4.69) is 22.5 Å². The molecular formula is C19H26N4O2. The lowest BCUT2D eigenvalue weighted by Crippen LogP contribution is -2.53. The Bertz CT molecular complexity index is 691. The van der Waals surface area contributed by atoms with Crippen LogP contribution in [0.5, 0.6) is 0 Å². The molecule has 134 valence electrons. The average Bonchev–Trinajstić information content (AvgIpc) is 3.12. The van der Waals surface area contributed by atoms with Gasteiger partial charge in [-0.3, -0.25) is 9.59 Å². The number of nitrogens with one attached hydrogen (secondary N) is 1. The maximum absolute atomic E-state index is 12.6. The van der Waals surface area contributed by atoms with Gasteiger partial charge >= 0.3 is 0 Å². The van der Waals surface area contributed by atoms with Gasteiger partial charge in [0.2, 0.25) is 11.8 Å². The van der Waals surface area contributed by atoms with Gasteiger partial charge < -0.3 is 14.8 Å². The highest BCUT2D eigenvalue weighted by atomic mass is 16.2. The van der Waals surface area contributed by atoms with Crippen molar-refractivity contribution in [2.24, 2.45) is 13.0 Å². The lowest BCUT2D eigenvalue weighted by molar-refractivity contribution is -0.140. The first-order valence-electron chi connectivity index (χ1n) is 9.37. The summed E-state index contributed by atoms with van der Waals surface area (Å²) in [5.74, 6) is 0.664. The minimum Gasteiger partial charge on any atom is -0.351 e. The van der Waals surface area contributed by atoms with Gasteiger partial charge in [0.15, 0.2) is 0 Å². The number of allylic oxidation sites excluding steroid dienone is 2. The van der Waals surface area contributed by atoms with Crippen LogP contribution in [0.4, 0.5) is 0 Å². The van der Waals surface area contributed by atoms with Crippen LogP contribution in [-0.2, 0) is 16.6 Å². The molecule has 0 bridgehead atoms. The fourth-order valence-corrected chi connectivity index (χ4v) is 4.22. The van der Waals surface area contributed by atoms with Gasteiger partial charge in [-0.25, -0.2) is 4.98 Å². The first-order valence-corrected chi connectivity index (χ1v) is 9.37. The summed E-state index contributed by atoms with van der Waals surface area (Å²) in [6.07, 6.45) is 13.9. The molecule has 0 spiro atoms. The highest BCUT2D eigenvalue weighted by Crippen LogP contribution is 2.40. The summed E-state index contributed by atoms with van der Waals surface area (Å²) in [6, 6.07) is 0.181. The zero-order valence-corrected chi connectivity index (χ0v) is 14.7. The molecule has 1 unspecified atom stereocenters. The molecule has 2 aliphatic carbocycles. The number of imidazole rings is 1. The molecule has 3 aliphatic rings. The van der Waals surface area contributed by atoms with Crippen LogP contribution in [0.1, 0.15) is 56.7 Å². The van der Waals surface area contributed by atoms with E-state index in [0.29, 0.717) is 31.2 Å². The first kappa shape index (κ1) is 16.4. The summed E-state index contributed by atoms with van der Waals surface area (Å²) in [4.78, 5) is 31.4. The number of carbonyl (C=O) groups is 2. The van der Waals surface area contributed by atoms with E-state index in [9.17, 15) is 9.59 Å². The van der Waals surface area contributed by atoms with Crippen LogP contribution in [0.15, 0.2) is 24.7 Å². The number of amides is 2. The van der Waals surface area contributed by atoms with Crippen LogP contribution in [-0.4, -0.2) is 38.3 Å². The molecule has 6 nitrogen and oxygen atoms in total. The van der Waals surface area contributed by atoms with Crippen molar-refractivity contribution < 1.29 is 9.59 Å². The fourth-order valence-electron chi connectivity index (χ4n) is 4.22. The van der Waals surface area contributed by atoms with Crippen LogP contribution < -0.4 is 5.32 Å². The van der Waals surface area contributed by atoms with E-state index >= 15 is 0 Å². The van der Waals surface area contributed by atoms with Crippen molar-refractivity contribution in [3.63, 3.8) is 0 Å². The number of aryl methyl sites for hydroxylation is 1. The molecule has 4 rings (SSSR count). The molecule has 0 radical (unpaired) electrons. The molecule has 0 aromatic carbocycles.